The summed E-state index contributed by atoms with van der Waals surface area (Å²) in [4.78, 5) is 26.1. The lowest BCUT2D eigenvalue weighted by Gasteiger charge is -2.09. The summed E-state index contributed by atoms with van der Waals surface area (Å²) in [6.07, 6.45) is 4.99. The molecule has 0 aliphatic heterocycles. The van der Waals surface area contributed by atoms with E-state index in [1.807, 2.05) is 0 Å². The summed E-state index contributed by atoms with van der Waals surface area (Å²) in [6, 6.07) is -0.00135. The van der Waals surface area contributed by atoms with Crippen LogP contribution in [0.4, 0.5) is 6.01 Å². The molecule has 1 aliphatic carbocycles. The van der Waals surface area contributed by atoms with Gasteiger partial charge in [-0.05, 0) is 13.3 Å². The van der Waals surface area contributed by atoms with Crippen molar-refractivity contribution in [1.29, 1.82) is 0 Å². The second-order valence-electron chi connectivity index (χ2n) is 4.07. The molecule has 7 nitrogen and oxygen atoms in total. The fraction of sp³-hybridized carbons (Fsp3) is 0.417. The Morgan fingerprint density at radius 3 is 3.00 bits per heavy atom. The molecule has 2 atom stereocenters. The second-order valence-corrected chi connectivity index (χ2v) is 4.07. The molecule has 7 heteroatoms. The smallest absolute Gasteiger partial charge is 0.360 e. The third-order valence-electron chi connectivity index (χ3n) is 2.70. The van der Waals surface area contributed by atoms with Gasteiger partial charge in [0, 0.05) is 6.04 Å². The first-order valence-electron chi connectivity index (χ1n) is 5.90. The predicted molar refractivity (Wildman–Crippen MR) is 64.8 cm³/mol. The number of esters is 1. The number of nitrogens with zero attached hydrogens (tertiary/aromatic N) is 1. The molecule has 1 heterocycles. The number of hydrogen-bond acceptors (Lipinski definition) is 6. The van der Waals surface area contributed by atoms with E-state index in [0.717, 1.165) is 0 Å². The SMILES string of the molecule is CCOC(=O)c1coc(NC2C=CC(C(=O)O)C2)n1. The van der Waals surface area contributed by atoms with Gasteiger partial charge in [-0.2, -0.15) is 4.98 Å². The van der Waals surface area contributed by atoms with E-state index in [1.165, 1.54) is 6.26 Å². The Morgan fingerprint density at radius 2 is 2.37 bits per heavy atom. The molecule has 2 unspecified atom stereocenters. The number of carbonyl (C=O) groups is 2. The van der Waals surface area contributed by atoms with Gasteiger partial charge >= 0.3 is 11.9 Å². The topological polar surface area (TPSA) is 102 Å². The summed E-state index contributed by atoms with van der Waals surface area (Å²) in [5.74, 6) is -1.91. The molecule has 0 amide bonds. The highest BCUT2D eigenvalue weighted by Gasteiger charge is 2.25. The molecule has 0 saturated heterocycles. The number of hydrogen-bond donors (Lipinski definition) is 2. The number of carboxylic acid groups (broad SMARTS) is 1. The average molecular weight is 266 g/mol. The highest BCUT2D eigenvalue weighted by atomic mass is 16.5. The third kappa shape index (κ3) is 3.12. The van der Waals surface area contributed by atoms with Gasteiger partial charge in [0.1, 0.15) is 6.26 Å². The van der Waals surface area contributed by atoms with Gasteiger partial charge in [-0.15, -0.1) is 0 Å². The Bertz CT molecular complexity index is 508. The normalized spacial score (nSPS) is 21.3. The monoisotopic (exact) mass is 266 g/mol. The van der Waals surface area contributed by atoms with Crippen LogP contribution >= 0.6 is 0 Å². The zero-order valence-corrected chi connectivity index (χ0v) is 10.3. The fourth-order valence-electron chi connectivity index (χ4n) is 1.79. The molecule has 0 spiro atoms. The number of aliphatic carboxylic acids is 1. The number of nitrogens with one attached hydrogen (secondary N) is 1. The van der Waals surface area contributed by atoms with Crippen molar-refractivity contribution < 1.29 is 23.8 Å². The molecule has 19 heavy (non-hydrogen) atoms. The zero-order chi connectivity index (χ0) is 13.8. The Morgan fingerprint density at radius 1 is 1.58 bits per heavy atom. The second kappa shape index (κ2) is 5.55. The van der Waals surface area contributed by atoms with Crippen LogP contribution in [-0.2, 0) is 9.53 Å². The van der Waals surface area contributed by atoms with Gasteiger partial charge < -0.3 is 19.6 Å². The summed E-state index contributed by atoms with van der Waals surface area (Å²) >= 11 is 0. The zero-order valence-electron chi connectivity index (χ0n) is 10.3. The van der Waals surface area contributed by atoms with Crippen LogP contribution in [0.1, 0.15) is 23.8 Å². The van der Waals surface area contributed by atoms with Crippen molar-refractivity contribution in [2.75, 3.05) is 11.9 Å². The summed E-state index contributed by atoms with van der Waals surface area (Å²) < 4.78 is 9.86. The maximum Gasteiger partial charge on any atom is 0.360 e. The van der Waals surface area contributed by atoms with Crippen molar-refractivity contribution in [2.45, 2.75) is 19.4 Å². The van der Waals surface area contributed by atoms with E-state index in [9.17, 15) is 9.59 Å². The fourth-order valence-corrected chi connectivity index (χ4v) is 1.79. The van der Waals surface area contributed by atoms with Crippen LogP contribution in [-0.4, -0.2) is 34.7 Å². The molecule has 2 rings (SSSR count). The van der Waals surface area contributed by atoms with Crippen LogP contribution in [0.3, 0.4) is 0 Å². The maximum atomic E-state index is 11.4. The van der Waals surface area contributed by atoms with E-state index in [2.05, 4.69) is 10.3 Å². The molecule has 0 saturated carbocycles. The molecule has 2 N–H and O–H groups in total. The van der Waals surface area contributed by atoms with Crippen molar-refractivity contribution in [1.82, 2.24) is 4.98 Å². The first-order chi connectivity index (χ1) is 9.10. The van der Waals surface area contributed by atoms with E-state index in [-0.39, 0.29) is 24.4 Å². The van der Waals surface area contributed by atoms with Crippen LogP contribution in [0, 0.1) is 5.92 Å². The van der Waals surface area contributed by atoms with Crippen molar-refractivity contribution in [2.24, 2.45) is 5.92 Å². The predicted octanol–water partition coefficient (Wildman–Crippen LogP) is 1.29. The van der Waals surface area contributed by atoms with Crippen molar-refractivity contribution in [3.63, 3.8) is 0 Å². The van der Waals surface area contributed by atoms with E-state index in [4.69, 9.17) is 14.3 Å². The third-order valence-corrected chi connectivity index (χ3v) is 2.70. The van der Waals surface area contributed by atoms with Crippen LogP contribution in [0.5, 0.6) is 0 Å². The van der Waals surface area contributed by atoms with E-state index < -0.39 is 17.9 Å². The maximum absolute atomic E-state index is 11.4. The van der Waals surface area contributed by atoms with Crippen molar-refractivity contribution >= 4 is 18.0 Å². The average Bonchev–Trinajstić information content (AvgIpc) is 2.99. The van der Waals surface area contributed by atoms with Gasteiger partial charge in [0.2, 0.25) is 0 Å². The Labute approximate surface area is 109 Å². The summed E-state index contributed by atoms with van der Waals surface area (Å²) in [5.41, 5.74) is 0.0844. The lowest BCUT2D eigenvalue weighted by molar-refractivity contribution is -0.140. The number of carbonyl (C=O) groups excluding carboxylic acids is 1. The number of rotatable bonds is 5. The molecule has 102 valence electrons. The molecule has 0 bridgehead atoms. The van der Waals surface area contributed by atoms with Crippen LogP contribution in [0.25, 0.3) is 0 Å². The largest absolute Gasteiger partial charge is 0.481 e. The van der Waals surface area contributed by atoms with Gasteiger partial charge in [0.05, 0.1) is 12.5 Å². The minimum absolute atomic E-state index is 0.0844. The molecule has 0 radical (unpaired) electrons. The molecule has 0 fully saturated rings. The summed E-state index contributed by atoms with van der Waals surface area (Å²) in [7, 11) is 0. The van der Waals surface area contributed by atoms with Crippen molar-refractivity contribution in [3.8, 4) is 0 Å². The molecule has 0 aromatic carbocycles. The standard InChI is InChI=1S/C12H14N2O5/c1-2-18-11(17)9-6-19-12(14-9)13-8-4-3-7(5-8)10(15)16/h3-4,6-8H,2,5H2,1H3,(H,13,14)(H,15,16). The first-order valence-corrected chi connectivity index (χ1v) is 5.90. The van der Waals surface area contributed by atoms with Crippen LogP contribution in [0.15, 0.2) is 22.8 Å². The van der Waals surface area contributed by atoms with Crippen LogP contribution < -0.4 is 5.32 Å². The first kappa shape index (κ1) is 13.1. The quantitative estimate of drug-likeness (QED) is 0.611. The van der Waals surface area contributed by atoms with Gasteiger partial charge in [0.15, 0.2) is 5.69 Å². The number of anilines is 1. The lowest BCUT2D eigenvalue weighted by atomic mass is 10.1. The van der Waals surface area contributed by atoms with E-state index in [0.29, 0.717) is 6.42 Å². The highest BCUT2D eigenvalue weighted by molar-refractivity contribution is 5.87. The molecule has 1 aromatic heterocycles. The Kier molecular flexibility index (Phi) is 3.84. The molecule has 1 aliphatic rings. The number of aromatic nitrogens is 1. The van der Waals surface area contributed by atoms with E-state index >= 15 is 0 Å². The number of carboxylic acids is 1. The van der Waals surface area contributed by atoms with Gasteiger partial charge in [-0.3, -0.25) is 4.79 Å². The van der Waals surface area contributed by atoms with E-state index in [1.54, 1.807) is 19.1 Å². The molecular formula is C12H14N2O5. The lowest BCUT2D eigenvalue weighted by Crippen LogP contribution is -2.19. The van der Waals surface area contributed by atoms with Gasteiger partial charge in [-0.1, -0.05) is 12.2 Å². The molecular weight excluding hydrogens is 252 g/mol. The summed E-state index contributed by atoms with van der Waals surface area (Å²) in [6.45, 7) is 1.96. The molecule has 1 aromatic rings. The number of oxazole rings is 1. The minimum atomic E-state index is -0.861. The Hall–Kier alpha value is -2.31. The minimum Gasteiger partial charge on any atom is -0.481 e. The van der Waals surface area contributed by atoms with Crippen molar-refractivity contribution in [3.05, 3.63) is 24.1 Å². The summed E-state index contributed by atoms with van der Waals surface area (Å²) in [5, 5.41) is 11.8. The van der Waals surface area contributed by atoms with Gasteiger partial charge in [-0.25, -0.2) is 4.79 Å². The highest BCUT2D eigenvalue weighted by Crippen LogP contribution is 2.21. The van der Waals surface area contributed by atoms with Crippen LogP contribution in [0.2, 0.25) is 0 Å². The number of ether oxygens (including phenoxy) is 1. The van der Waals surface area contributed by atoms with Gasteiger partial charge in [0.25, 0.3) is 6.01 Å². The Balaban J connectivity index is 1.93.